The van der Waals surface area contributed by atoms with Gasteiger partial charge in [-0.3, -0.25) is 0 Å². The van der Waals surface area contributed by atoms with E-state index in [4.69, 9.17) is 11.6 Å². The van der Waals surface area contributed by atoms with Gasteiger partial charge in [0.15, 0.2) is 0 Å². The molecule has 0 atom stereocenters. The summed E-state index contributed by atoms with van der Waals surface area (Å²) in [5, 5.41) is 0.212. The highest BCUT2D eigenvalue weighted by atomic mass is 79.9. The van der Waals surface area contributed by atoms with E-state index in [0.29, 0.717) is 5.56 Å². The Morgan fingerprint density at radius 1 is 1.58 bits per heavy atom. The number of halogens is 4. The van der Waals surface area contributed by atoms with Crippen molar-refractivity contribution in [1.29, 1.82) is 0 Å². The summed E-state index contributed by atoms with van der Waals surface area (Å²) >= 11 is 8.46. The Morgan fingerprint density at radius 3 is 2.58 bits per heavy atom. The second-order valence-corrected chi connectivity index (χ2v) is 3.41. The monoisotopic (exact) mass is 255 g/mol. The van der Waals surface area contributed by atoms with E-state index >= 15 is 0 Å². The number of hydrogen-bond donors (Lipinski definition) is 0. The molecule has 0 aliphatic heterocycles. The van der Waals surface area contributed by atoms with Gasteiger partial charge in [-0.25, -0.2) is 13.8 Å². The molecule has 66 valence electrons. The van der Waals surface area contributed by atoms with Crippen LogP contribution in [0.1, 0.15) is 17.6 Å². The average molecular weight is 256 g/mol. The lowest BCUT2D eigenvalue weighted by atomic mass is 10.2. The summed E-state index contributed by atoms with van der Waals surface area (Å²) in [6.07, 6.45) is -2.52. The third-order valence-corrected chi connectivity index (χ3v) is 2.20. The number of aryl methyl sites for hydroxylation is 1. The van der Waals surface area contributed by atoms with E-state index in [1.54, 1.807) is 6.92 Å². The molecule has 0 saturated heterocycles. The van der Waals surface area contributed by atoms with E-state index in [9.17, 15) is 8.78 Å². The highest BCUT2D eigenvalue weighted by molar-refractivity contribution is 9.10. The van der Waals surface area contributed by atoms with Gasteiger partial charge in [-0.15, -0.1) is 0 Å². The van der Waals surface area contributed by atoms with E-state index < -0.39 is 6.43 Å². The minimum Gasteiger partial charge on any atom is -0.229 e. The van der Waals surface area contributed by atoms with Crippen LogP contribution in [0.3, 0.4) is 0 Å². The van der Waals surface area contributed by atoms with Gasteiger partial charge in [-0.1, -0.05) is 11.6 Å². The van der Waals surface area contributed by atoms with Crippen LogP contribution in [0.25, 0.3) is 0 Å². The zero-order chi connectivity index (χ0) is 9.30. The maximum absolute atomic E-state index is 12.3. The molecule has 0 fully saturated rings. The first-order valence-corrected chi connectivity index (χ1v) is 4.30. The summed E-state index contributed by atoms with van der Waals surface area (Å²) < 4.78 is 24.7. The van der Waals surface area contributed by atoms with Crippen LogP contribution in [0.15, 0.2) is 10.7 Å². The van der Waals surface area contributed by atoms with Gasteiger partial charge in [0.25, 0.3) is 6.43 Å². The van der Waals surface area contributed by atoms with Gasteiger partial charge in [0.05, 0.1) is 5.56 Å². The smallest absolute Gasteiger partial charge is 0.229 e. The van der Waals surface area contributed by atoms with Crippen molar-refractivity contribution in [2.24, 2.45) is 0 Å². The van der Waals surface area contributed by atoms with Crippen molar-refractivity contribution in [3.63, 3.8) is 0 Å². The quantitative estimate of drug-likeness (QED) is 0.698. The lowest BCUT2D eigenvalue weighted by Gasteiger charge is -2.06. The topological polar surface area (TPSA) is 12.9 Å². The maximum Gasteiger partial charge on any atom is 0.266 e. The summed E-state index contributed by atoms with van der Waals surface area (Å²) in [7, 11) is 0. The molecule has 0 amide bonds. The van der Waals surface area contributed by atoms with E-state index in [2.05, 4.69) is 20.9 Å². The fourth-order valence-corrected chi connectivity index (χ4v) is 1.89. The van der Waals surface area contributed by atoms with Gasteiger partial charge < -0.3 is 0 Å². The molecular weight excluding hydrogens is 251 g/mol. The Kier molecular flexibility index (Phi) is 3.01. The molecule has 0 unspecified atom stereocenters. The standard InChI is InChI=1S/C7H5BrClF2N/c1-3-2-4(9)12-6(8)5(3)7(10)11/h2,7H,1H3. The Hall–Kier alpha value is -0.220. The SMILES string of the molecule is Cc1cc(Cl)nc(Br)c1C(F)F. The highest BCUT2D eigenvalue weighted by Crippen LogP contribution is 2.30. The van der Waals surface area contributed by atoms with E-state index in [1.807, 2.05) is 0 Å². The predicted octanol–water partition coefficient (Wildman–Crippen LogP) is 3.74. The molecular formula is C7H5BrClF2N. The molecule has 0 aromatic carbocycles. The van der Waals surface area contributed by atoms with Crippen molar-refractivity contribution >= 4 is 27.5 Å². The third kappa shape index (κ3) is 1.93. The molecule has 5 heteroatoms. The molecule has 0 aliphatic rings. The number of pyridine rings is 1. The van der Waals surface area contributed by atoms with Crippen LogP contribution >= 0.6 is 27.5 Å². The van der Waals surface area contributed by atoms with Crippen LogP contribution in [0.2, 0.25) is 5.15 Å². The Bertz CT molecular complexity index is 280. The second-order valence-electron chi connectivity index (χ2n) is 2.27. The van der Waals surface area contributed by atoms with Crippen LogP contribution in [0.5, 0.6) is 0 Å². The molecule has 0 N–H and O–H groups in total. The molecule has 0 saturated carbocycles. The Balaban J connectivity index is 3.28. The minimum absolute atomic E-state index is 0.0978. The summed E-state index contributed by atoms with van der Waals surface area (Å²) in [4.78, 5) is 3.66. The molecule has 12 heavy (non-hydrogen) atoms. The highest BCUT2D eigenvalue weighted by Gasteiger charge is 2.16. The van der Waals surface area contributed by atoms with Crippen molar-refractivity contribution in [3.05, 3.63) is 26.9 Å². The van der Waals surface area contributed by atoms with Crippen molar-refractivity contribution < 1.29 is 8.78 Å². The molecule has 0 bridgehead atoms. The molecule has 1 rings (SSSR count). The third-order valence-electron chi connectivity index (χ3n) is 1.41. The Morgan fingerprint density at radius 2 is 2.17 bits per heavy atom. The number of alkyl halides is 2. The molecule has 0 spiro atoms. The molecule has 1 nitrogen and oxygen atoms in total. The largest absolute Gasteiger partial charge is 0.266 e. The first-order valence-electron chi connectivity index (χ1n) is 3.13. The van der Waals surface area contributed by atoms with Crippen LogP contribution < -0.4 is 0 Å². The minimum atomic E-state index is -2.52. The maximum atomic E-state index is 12.3. The van der Waals surface area contributed by atoms with Gasteiger partial charge in [-0.05, 0) is 34.5 Å². The predicted molar refractivity (Wildman–Crippen MR) is 46.6 cm³/mol. The van der Waals surface area contributed by atoms with Crippen LogP contribution in [0, 0.1) is 6.92 Å². The summed E-state index contributed by atoms with van der Waals surface area (Å²) in [5.74, 6) is 0. The van der Waals surface area contributed by atoms with E-state index in [0.717, 1.165) is 0 Å². The molecule has 1 heterocycles. The summed E-state index contributed by atoms with van der Waals surface area (Å²) in [5.41, 5.74) is 0.344. The average Bonchev–Trinajstić information content (AvgIpc) is 1.82. The normalized spacial score (nSPS) is 10.8. The first kappa shape index (κ1) is 9.86. The van der Waals surface area contributed by atoms with Gasteiger partial charge in [0.2, 0.25) is 0 Å². The van der Waals surface area contributed by atoms with Crippen LogP contribution in [-0.2, 0) is 0 Å². The van der Waals surface area contributed by atoms with Crippen molar-refractivity contribution in [2.75, 3.05) is 0 Å². The number of rotatable bonds is 1. The van der Waals surface area contributed by atoms with Crippen LogP contribution in [-0.4, -0.2) is 4.98 Å². The first-order chi connectivity index (χ1) is 5.52. The summed E-state index contributed by atoms with van der Waals surface area (Å²) in [6.45, 7) is 1.57. The van der Waals surface area contributed by atoms with E-state index in [-0.39, 0.29) is 15.3 Å². The fourth-order valence-electron chi connectivity index (χ4n) is 0.868. The molecule has 0 radical (unpaired) electrons. The van der Waals surface area contributed by atoms with Gasteiger partial charge in [0.1, 0.15) is 9.76 Å². The van der Waals surface area contributed by atoms with Gasteiger partial charge in [-0.2, -0.15) is 0 Å². The fraction of sp³-hybridized carbons (Fsp3) is 0.286. The van der Waals surface area contributed by atoms with Crippen molar-refractivity contribution in [3.8, 4) is 0 Å². The lowest BCUT2D eigenvalue weighted by molar-refractivity contribution is 0.149. The zero-order valence-electron chi connectivity index (χ0n) is 6.11. The lowest BCUT2D eigenvalue weighted by Crippen LogP contribution is -1.94. The van der Waals surface area contributed by atoms with Crippen LogP contribution in [0.4, 0.5) is 8.78 Å². The molecule has 1 aromatic heterocycles. The van der Waals surface area contributed by atoms with Gasteiger partial charge in [0, 0.05) is 0 Å². The number of nitrogens with zero attached hydrogens (tertiary/aromatic N) is 1. The Labute approximate surface area is 81.9 Å². The van der Waals surface area contributed by atoms with Gasteiger partial charge >= 0.3 is 0 Å². The van der Waals surface area contributed by atoms with Crippen molar-refractivity contribution in [2.45, 2.75) is 13.3 Å². The van der Waals surface area contributed by atoms with E-state index in [1.165, 1.54) is 6.07 Å². The zero-order valence-corrected chi connectivity index (χ0v) is 8.46. The number of aromatic nitrogens is 1. The molecule has 1 aromatic rings. The van der Waals surface area contributed by atoms with Crippen molar-refractivity contribution in [1.82, 2.24) is 4.98 Å². The number of hydrogen-bond acceptors (Lipinski definition) is 1. The summed E-state index contributed by atoms with van der Waals surface area (Å²) in [6, 6.07) is 1.41. The second kappa shape index (κ2) is 3.66. The molecule has 0 aliphatic carbocycles.